The molecule has 1 saturated heterocycles. The highest BCUT2D eigenvalue weighted by molar-refractivity contribution is 5.37. The minimum Gasteiger partial charge on any atom is -0.496 e. The van der Waals surface area contributed by atoms with Crippen molar-refractivity contribution in [2.45, 2.75) is 46.0 Å². The molecule has 6 heteroatoms. The van der Waals surface area contributed by atoms with Crippen molar-refractivity contribution < 1.29 is 19.3 Å². The lowest BCUT2D eigenvalue weighted by Crippen LogP contribution is -2.52. The standard InChI is InChI=1S/C26H38N2O4/c1-4-31-20-23-16-21(10-11-25(23)30-3)17-27-13-14-28(24(19-27)12-15-29)18-22-8-6-7-9-26(22)32-5-2/h6-11,16,24,29H,4-5,12-15,17-20H2,1-3H3/t24-/m1/s1. The van der Waals surface area contributed by atoms with Crippen molar-refractivity contribution in [2.24, 2.45) is 0 Å². The Labute approximate surface area is 192 Å². The Balaban J connectivity index is 1.66. The zero-order valence-electron chi connectivity index (χ0n) is 19.8. The average molecular weight is 443 g/mol. The third-order valence-electron chi connectivity index (χ3n) is 6.01. The Morgan fingerprint density at radius 3 is 2.56 bits per heavy atom. The number of aliphatic hydroxyl groups excluding tert-OH is 1. The first-order valence-corrected chi connectivity index (χ1v) is 11.7. The summed E-state index contributed by atoms with van der Waals surface area (Å²) in [4.78, 5) is 4.97. The molecule has 1 fully saturated rings. The number of aliphatic hydroxyl groups is 1. The van der Waals surface area contributed by atoms with Crippen LogP contribution in [0.2, 0.25) is 0 Å². The van der Waals surface area contributed by atoms with Crippen molar-refractivity contribution in [3.05, 3.63) is 59.2 Å². The van der Waals surface area contributed by atoms with Gasteiger partial charge in [0.15, 0.2) is 0 Å². The number of nitrogens with zero attached hydrogens (tertiary/aromatic N) is 2. The molecule has 0 aliphatic carbocycles. The summed E-state index contributed by atoms with van der Waals surface area (Å²) in [5, 5.41) is 9.70. The summed E-state index contributed by atoms with van der Waals surface area (Å²) >= 11 is 0. The number of hydrogen-bond acceptors (Lipinski definition) is 6. The van der Waals surface area contributed by atoms with Crippen LogP contribution in [0.3, 0.4) is 0 Å². The molecule has 0 bridgehead atoms. The second-order valence-electron chi connectivity index (χ2n) is 8.20. The number of piperazine rings is 1. The van der Waals surface area contributed by atoms with Crippen LogP contribution in [0.25, 0.3) is 0 Å². The van der Waals surface area contributed by atoms with Gasteiger partial charge < -0.3 is 19.3 Å². The second kappa shape index (κ2) is 12.8. The molecule has 0 radical (unpaired) electrons. The molecule has 1 aliphatic rings. The Morgan fingerprint density at radius 1 is 0.969 bits per heavy atom. The van der Waals surface area contributed by atoms with Gasteiger partial charge in [0.25, 0.3) is 0 Å². The first kappa shape index (κ1) is 24.5. The Morgan fingerprint density at radius 2 is 1.81 bits per heavy atom. The molecule has 176 valence electrons. The molecule has 0 amide bonds. The molecule has 1 N–H and O–H groups in total. The molecule has 3 rings (SSSR count). The van der Waals surface area contributed by atoms with Crippen molar-refractivity contribution in [1.82, 2.24) is 9.80 Å². The van der Waals surface area contributed by atoms with Gasteiger partial charge in [-0.2, -0.15) is 0 Å². The molecule has 0 unspecified atom stereocenters. The Kier molecular flexibility index (Phi) is 9.81. The van der Waals surface area contributed by atoms with E-state index in [1.54, 1.807) is 7.11 Å². The van der Waals surface area contributed by atoms with Crippen molar-refractivity contribution >= 4 is 0 Å². The highest BCUT2D eigenvalue weighted by atomic mass is 16.5. The van der Waals surface area contributed by atoms with E-state index in [4.69, 9.17) is 14.2 Å². The minimum atomic E-state index is 0.198. The van der Waals surface area contributed by atoms with Crippen LogP contribution >= 0.6 is 0 Å². The number of hydrogen-bond donors (Lipinski definition) is 1. The van der Waals surface area contributed by atoms with E-state index in [2.05, 4.69) is 34.1 Å². The van der Waals surface area contributed by atoms with E-state index in [9.17, 15) is 5.11 Å². The Hall–Kier alpha value is -2.12. The summed E-state index contributed by atoms with van der Waals surface area (Å²) < 4.78 is 16.9. The minimum absolute atomic E-state index is 0.198. The normalized spacial score (nSPS) is 17.4. The summed E-state index contributed by atoms with van der Waals surface area (Å²) in [6.07, 6.45) is 0.769. The van der Waals surface area contributed by atoms with E-state index < -0.39 is 0 Å². The molecule has 0 saturated carbocycles. The van der Waals surface area contributed by atoms with Crippen LogP contribution in [0.1, 0.15) is 37.0 Å². The predicted octanol–water partition coefficient (Wildman–Crippen LogP) is 3.70. The van der Waals surface area contributed by atoms with Gasteiger partial charge in [0.2, 0.25) is 0 Å². The first-order valence-electron chi connectivity index (χ1n) is 11.7. The third kappa shape index (κ3) is 6.69. The van der Waals surface area contributed by atoms with Crippen molar-refractivity contribution in [1.29, 1.82) is 0 Å². The van der Waals surface area contributed by atoms with Crippen LogP contribution < -0.4 is 9.47 Å². The number of rotatable bonds is 12. The lowest BCUT2D eigenvalue weighted by molar-refractivity contribution is 0.0493. The van der Waals surface area contributed by atoms with E-state index >= 15 is 0 Å². The van der Waals surface area contributed by atoms with Crippen molar-refractivity contribution in [3.63, 3.8) is 0 Å². The Bertz CT molecular complexity index is 829. The topological polar surface area (TPSA) is 54.4 Å². The molecule has 1 aliphatic heterocycles. The average Bonchev–Trinajstić information content (AvgIpc) is 2.81. The lowest BCUT2D eigenvalue weighted by Gasteiger charge is -2.41. The third-order valence-corrected chi connectivity index (χ3v) is 6.01. The molecule has 1 atom stereocenters. The van der Waals surface area contributed by atoms with Gasteiger partial charge in [-0.05, 0) is 44.0 Å². The van der Waals surface area contributed by atoms with Gasteiger partial charge in [0.05, 0.1) is 20.3 Å². The van der Waals surface area contributed by atoms with E-state index in [0.29, 0.717) is 25.9 Å². The zero-order chi connectivity index (χ0) is 22.8. The van der Waals surface area contributed by atoms with Crippen molar-refractivity contribution in [3.8, 4) is 11.5 Å². The lowest BCUT2D eigenvalue weighted by atomic mass is 10.0. The fourth-order valence-electron chi connectivity index (χ4n) is 4.39. The van der Waals surface area contributed by atoms with E-state index in [1.165, 1.54) is 11.1 Å². The molecule has 0 spiro atoms. The SMILES string of the molecule is CCOCc1cc(CN2CCN(Cc3ccccc3OCC)[C@H](CCO)C2)ccc1OC. The maximum Gasteiger partial charge on any atom is 0.124 e. The van der Waals surface area contributed by atoms with Crippen LogP contribution in [0.4, 0.5) is 0 Å². The van der Waals surface area contributed by atoms with Crippen molar-refractivity contribution in [2.75, 3.05) is 46.6 Å². The van der Waals surface area contributed by atoms with Gasteiger partial charge in [0.1, 0.15) is 11.5 Å². The molecule has 32 heavy (non-hydrogen) atoms. The van der Waals surface area contributed by atoms with Crippen LogP contribution in [0.15, 0.2) is 42.5 Å². The molecular weight excluding hydrogens is 404 g/mol. The van der Waals surface area contributed by atoms with Gasteiger partial charge in [-0.3, -0.25) is 9.80 Å². The van der Waals surface area contributed by atoms with Gasteiger partial charge in [-0.15, -0.1) is 0 Å². The van der Waals surface area contributed by atoms with E-state index in [1.807, 2.05) is 32.0 Å². The predicted molar refractivity (Wildman–Crippen MR) is 127 cm³/mol. The molecule has 2 aromatic rings. The highest BCUT2D eigenvalue weighted by Crippen LogP contribution is 2.25. The summed E-state index contributed by atoms with van der Waals surface area (Å²) in [5.74, 6) is 1.83. The molecule has 2 aromatic carbocycles. The molecule has 1 heterocycles. The second-order valence-corrected chi connectivity index (χ2v) is 8.20. The molecular formula is C26H38N2O4. The zero-order valence-corrected chi connectivity index (χ0v) is 19.8. The number of ether oxygens (including phenoxy) is 3. The number of para-hydroxylation sites is 1. The monoisotopic (exact) mass is 442 g/mol. The maximum absolute atomic E-state index is 9.70. The van der Waals surface area contributed by atoms with Gasteiger partial charge in [0, 0.05) is 63.1 Å². The smallest absolute Gasteiger partial charge is 0.124 e. The fraction of sp³-hybridized carbons (Fsp3) is 0.538. The maximum atomic E-state index is 9.70. The largest absolute Gasteiger partial charge is 0.496 e. The van der Waals surface area contributed by atoms with Crippen LogP contribution in [-0.2, 0) is 24.4 Å². The summed E-state index contributed by atoms with van der Waals surface area (Å²) in [6.45, 7) is 10.7. The summed E-state index contributed by atoms with van der Waals surface area (Å²) in [5.41, 5.74) is 3.56. The van der Waals surface area contributed by atoms with Crippen LogP contribution in [0.5, 0.6) is 11.5 Å². The van der Waals surface area contributed by atoms with Crippen LogP contribution in [-0.4, -0.2) is 67.5 Å². The number of methoxy groups -OCH3 is 1. The quantitative estimate of drug-likeness (QED) is 0.541. The van der Waals surface area contributed by atoms with Gasteiger partial charge >= 0.3 is 0 Å². The van der Waals surface area contributed by atoms with Crippen LogP contribution in [0, 0.1) is 0 Å². The van der Waals surface area contributed by atoms with Gasteiger partial charge in [-0.25, -0.2) is 0 Å². The van der Waals surface area contributed by atoms with E-state index in [-0.39, 0.29) is 6.61 Å². The van der Waals surface area contributed by atoms with Gasteiger partial charge in [-0.1, -0.05) is 24.3 Å². The number of benzene rings is 2. The summed E-state index contributed by atoms with van der Waals surface area (Å²) in [7, 11) is 1.70. The molecule has 0 aromatic heterocycles. The fourth-order valence-corrected chi connectivity index (χ4v) is 4.39. The molecule has 6 nitrogen and oxygen atoms in total. The van der Waals surface area contributed by atoms with E-state index in [0.717, 1.165) is 56.2 Å². The summed E-state index contributed by atoms with van der Waals surface area (Å²) in [6, 6.07) is 15.0. The first-order chi connectivity index (χ1) is 15.7. The highest BCUT2D eigenvalue weighted by Gasteiger charge is 2.27.